The largest absolute Gasteiger partial charge is 0.466 e. The molecule has 0 saturated heterocycles. The number of anilines is 1. The molecule has 1 aliphatic heterocycles. The summed E-state index contributed by atoms with van der Waals surface area (Å²) in [6, 6.07) is 4.74. The molecule has 1 aromatic carbocycles. The highest BCUT2D eigenvalue weighted by molar-refractivity contribution is 7.98. The first kappa shape index (κ1) is 18.1. The maximum absolute atomic E-state index is 12.5. The standard InChI is InChI=1S/C16H16Cl2N4O2S/c1-4-10-11(14(23)24-2)13(8-6-5-7-9(17)12(8)18)22-15(19-10)20-16(21-22)25-3/h5-7,13H,4H2,1-3H3,(H,19,20,21)/t13-/m0/s1. The molecule has 9 heteroatoms. The molecule has 0 aliphatic carbocycles. The molecule has 1 aliphatic rings. The lowest BCUT2D eigenvalue weighted by molar-refractivity contribution is -0.136. The Morgan fingerprint density at radius 3 is 2.84 bits per heavy atom. The predicted octanol–water partition coefficient (Wildman–Crippen LogP) is 4.16. The first-order chi connectivity index (χ1) is 12.0. The van der Waals surface area contributed by atoms with Crippen LogP contribution in [0.1, 0.15) is 24.9 Å². The molecule has 0 amide bonds. The normalized spacial score (nSPS) is 16.4. The monoisotopic (exact) mass is 398 g/mol. The van der Waals surface area contributed by atoms with E-state index in [9.17, 15) is 4.79 Å². The summed E-state index contributed by atoms with van der Waals surface area (Å²) >= 11 is 14.1. The molecule has 0 fully saturated rings. The van der Waals surface area contributed by atoms with Crippen molar-refractivity contribution >= 4 is 46.9 Å². The van der Waals surface area contributed by atoms with E-state index >= 15 is 0 Å². The molecule has 0 saturated carbocycles. The van der Waals surface area contributed by atoms with Gasteiger partial charge in [0.2, 0.25) is 11.1 Å². The number of halogens is 2. The van der Waals surface area contributed by atoms with Gasteiger partial charge in [0.05, 0.1) is 22.7 Å². The van der Waals surface area contributed by atoms with Gasteiger partial charge in [0, 0.05) is 11.3 Å². The third-order valence-electron chi connectivity index (χ3n) is 3.94. The maximum Gasteiger partial charge on any atom is 0.338 e. The Balaban J connectivity index is 2.28. The summed E-state index contributed by atoms with van der Waals surface area (Å²) in [6.07, 6.45) is 2.48. The number of hydrogen-bond acceptors (Lipinski definition) is 6. The molecule has 1 atom stereocenters. The Labute approximate surface area is 159 Å². The van der Waals surface area contributed by atoms with E-state index in [1.165, 1.54) is 18.9 Å². The van der Waals surface area contributed by atoms with Gasteiger partial charge in [-0.15, -0.1) is 5.10 Å². The number of carbonyl (C=O) groups is 1. The second-order valence-corrected chi connectivity index (χ2v) is 6.83. The lowest BCUT2D eigenvalue weighted by Crippen LogP contribution is -2.30. The number of aromatic nitrogens is 3. The Bertz CT molecular complexity index is 866. The van der Waals surface area contributed by atoms with Crippen LogP contribution in [0.3, 0.4) is 0 Å². The number of rotatable bonds is 4. The van der Waals surface area contributed by atoms with Crippen LogP contribution < -0.4 is 5.32 Å². The molecule has 0 spiro atoms. The molecule has 0 unspecified atom stereocenters. The number of nitrogens with zero attached hydrogens (tertiary/aromatic N) is 3. The van der Waals surface area contributed by atoms with Crippen molar-refractivity contribution in [1.29, 1.82) is 0 Å². The summed E-state index contributed by atoms with van der Waals surface area (Å²) in [5.41, 5.74) is 1.83. The SMILES string of the molecule is CCC1=C(C(=O)OC)[C@H](c2cccc(Cl)c2Cl)n2nc(SC)nc2N1. The van der Waals surface area contributed by atoms with E-state index in [-0.39, 0.29) is 0 Å². The minimum Gasteiger partial charge on any atom is -0.466 e. The van der Waals surface area contributed by atoms with Crippen LogP contribution in [0.15, 0.2) is 34.6 Å². The zero-order valence-corrected chi connectivity index (χ0v) is 16.2. The third kappa shape index (κ3) is 3.12. The fourth-order valence-electron chi connectivity index (χ4n) is 2.79. The Hall–Kier alpha value is -1.70. The zero-order valence-electron chi connectivity index (χ0n) is 13.8. The summed E-state index contributed by atoms with van der Waals surface area (Å²) in [7, 11) is 1.35. The second kappa shape index (κ2) is 7.27. The van der Waals surface area contributed by atoms with Crippen LogP contribution in [0.4, 0.5) is 5.95 Å². The van der Waals surface area contributed by atoms with Gasteiger partial charge in [-0.2, -0.15) is 4.98 Å². The fraction of sp³-hybridized carbons (Fsp3) is 0.312. The maximum atomic E-state index is 12.5. The van der Waals surface area contributed by atoms with E-state index in [1.807, 2.05) is 19.2 Å². The summed E-state index contributed by atoms with van der Waals surface area (Å²) in [5, 5.41) is 9.05. The van der Waals surface area contributed by atoms with Gasteiger partial charge in [-0.1, -0.05) is 54.0 Å². The number of benzene rings is 1. The third-order valence-corrected chi connectivity index (χ3v) is 5.31. The van der Waals surface area contributed by atoms with Crippen molar-refractivity contribution in [2.75, 3.05) is 18.7 Å². The van der Waals surface area contributed by atoms with Crippen molar-refractivity contribution in [2.24, 2.45) is 0 Å². The number of allylic oxidation sites excluding steroid dienone is 1. The average molecular weight is 399 g/mol. The van der Waals surface area contributed by atoms with Crippen LogP contribution in [0.5, 0.6) is 0 Å². The number of nitrogens with one attached hydrogen (secondary N) is 1. The quantitative estimate of drug-likeness (QED) is 0.615. The van der Waals surface area contributed by atoms with Crippen molar-refractivity contribution in [1.82, 2.24) is 14.8 Å². The van der Waals surface area contributed by atoms with E-state index < -0.39 is 12.0 Å². The average Bonchev–Trinajstić information content (AvgIpc) is 3.04. The number of ether oxygens (including phenoxy) is 1. The van der Waals surface area contributed by atoms with Crippen LogP contribution in [-0.2, 0) is 9.53 Å². The number of fused-ring (bicyclic) bond motifs is 1. The van der Waals surface area contributed by atoms with Crippen LogP contribution in [0, 0.1) is 0 Å². The molecule has 3 rings (SSSR count). The van der Waals surface area contributed by atoms with Gasteiger partial charge >= 0.3 is 5.97 Å². The molecule has 1 aromatic heterocycles. The van der Waals surface area contributed by atoms with Crippen LogP contribution >= 0.6 is 35.0 Å². The highest BCUT2D eigenvalue weighted by Crippen LogP contribution is 2.41. The van der Waals surface area contributed by atoms with Crippen LogP contribution in [0.2, 0.25) is 10.0 Å². The molecule has 0 bridgehead atoms. The number of carbonyl (C=O) groups excluding carboxylic acids is 1. The Kier molecular flexibility index (Phi) is 5.27. The smallest absolute Gasteiger partial charge is 0.338 e. The van der Waals surface area contributed by atoms with Crippen LogP contribution in [0.25, 0.3) is 0 Å². The van der Waals surface area contributed by atoms with E-state index in [0.717, 1.165) is 5.70 Å². The summed E-state index contributed by atoms with van der Waals surface area (Å²) in [6.45, 7) is 1.95. The molecular formula is C16H16Cl2N4O2S. The molecule has 2 heterocycles. The molecule has 6 nitrogen and oxygen atoms in total. The summed E-state index contributed by atoms with van der Waals surface area (Å²) in [5.74, 6) is 0.104. The summed E-state index contributed by atoms with van der Waals surface area (Å²) < 4.78 is 6.66. The van der Waals surface area contributed by atoms with Gasteiger partial charge in [0.1, 0.15) is 6.04 Å². The minimum atomic E-state index is -0.571. The van der Waals surface area contributed by atoms with Gasteiger partial charge in [-0.25, -0.2) is 9.48 Å². The highest BCUT2D eigenvalue weighted by Gasteiger charge is 2.36. The molecular weight excluding hydrogens is 383 g/mol. The predicted molar refractivity (Wildman–Crippen MR) is 99.4 cm³/mol. The van der Waals surface area contributed by atoms with Gasteiger partial charge in [0.15, 0.2) is 0 Å². The number of esters is 1. The molecule has 1 N–H and O–H groups in total. The van der Waals surface area contributed by atoms with Gasteiger partial charge < -0.3 is 10.1 Å². The Morgan fingerprint density at radius 1 is 1.44 bits per heavy atom. The molecule has 132 valence electrons. The van der Waals surface area contributed by atoms with Crippen molar-refractivity contribution in [2.45, 2.75) is 24.5 Å². The van der Waals surface area contributed by atoms with E-state index in [0.29, 0.717) is 38.7 Å². The Morgan fingerprint density at radius 2 is 2.20 bits per heavy atom. The topological polar surface area (TPSA) is 69.0 Å². The lowest BCUT2D eigenvalue weighted by Gasteiger charge is -2.29. The number of hydrogen-bond donors (Lipinski definition) is 1. The number of methoxy groups -OCH3 is 1. The lowest BCUT2D eigenvalue weighted by atomic mass is 9.94. The minimum absolute atomic E-state index is 0.375. The fourth-order valence-corrected chi connectivity index (χ4v) is 3.55. The first-order valence-corrected chi connectivity index (χ1v) is 9.52. The first-order valence-electron chi connectivity index (χ1n) is 7.54. The molecule has 2 aromatic rings. The number of thioether (sulfide) groups is 1. The van der Waals surface area contributed by atoms with Gasteiger partial charge in [-0.05, 0) is 18.7 Å². The van der Waals surface area contributed by atoms with Gasteiger partial charge in [0.25, 0.3) is 0 Å². The van der Waals surface area contributed by atoms with Crippen molar-refractivity contribution in [3.05, 3.63) is 45.1 Å². The molecule has 25 heavy (non-hydrogen) atoms. The van der Waals surface area contributed by atoms with E-state index in [1.54, 1.807) is 16.8 Å². The molecule has 0 radical (unpaired) electrons. The second-order valence-electron chi connectivity index (χ2n) is 5.27. The van der Waals surface area contributed by atoms with E-state index in [4.69, 9.17) is 27.9 Å². The van der Waals surface area contributed by atoms with Crippen molar-refractivity contribution in [3.8, 4) is 0 Å². The summed E-state index contributed by atoms with van der Waals surface area (Å²) in [4.78, 5) is 17.0. The zero-order chi connectivity index (χ0) is 18.1. The van der Waals surface area contributed by atoms with E-state index in [2.05, 4.69) is 15.4 Å². The van der Waals surface area contributed by atoms with Crippen molar-refractivity contribution in [3.63, 3.8) is 0 Å². The van der Waals surface area contributed by atoms with Gasteiger partial charge in [-0.3, -0.25) is 0 Å². The highest BCUT2D eigenvalue weighted by atomic mass is 35.5. The van der Waals surface area contributed by atoms with Crippen LogP contribution in [-0.4, -0.2) is 34.1 Å². The van der Waals surface area contributed by atoms with Crippen molar-refractivity contribution < 1.29 is 9.53 Å².